The molecule has 174 valence electrons. The zero-order chi connectivity index (χ0) is 24.4. The van der Waals surface area contributed by atoms with Gasteiger partial charge in [-0.25, -0.2) is 14.6 Å². The van der Waals surface area contributed by atoms with E-state index in [2.05, 4.69) is 10.3 Å². The molecule has 3 aromatic rings. The summed E-state index contributed by atoms with van der Waals surface area (Å²) < 4.78 is 7.16. The molecule has 0 aliphatic carbocycles. The molecule has 1 aliphatic rings. The van der Waals surface area contributed by atoms with E-state index in [4.69, 9.17) is 4.74 Å². The predicted octanol–water partition coefficient (Wildman–Crippen LogP) is 2.83. The summed E-state index contributed by atoms with van der Waals surface area (Å²) >= 11 is 1.19. The average molecular weight is 478 g/mol. The van der Waals surface area contributed by atoms with Crippen molar-refractivity contribution in [1.82, 2.24) is 4.57 Å². The normalized spacial score (nSPS) is 15.5. The number of hydrogen-bond donors (Lipinski definition) is 2. The number of aromatic carboxylic acids is 1. The number of carbonyl (C=O) groups is 2. The van der Waals surface area contributed by atoms with Gasteiger partial charge in [0.25, 0.3) is 5.56 Å². The molecule has 8 nitrogen and oxygen atoms in total. The van der Waals surface area contributed by atoms with Crippen LogP contribution in [0.25, 0.3) is 6.20 Å². The zero-order valence-electron chi connectivity index (χ0n) is 18.9. The van der Waals surface area contributed by atoms with Gasteiger partial charge in [-0.15, -0.1) is 0 Å². The van der Waals surface area contributed by atoms with Crippen molar-refractivity contribution in [1.29, 1.82) is 0 Å². The fourth-order valence-corrected chi connectivity index (χ4v) is 4.88. The minimum Gasteiger partial charge on any atom is -0.478 e. The highest BCUT2D eigenvalue weighted by Crippen LogP contribution is 2.30. The first-order chi connectivity index (χ1) is 16.3. The predicted molar refractivity (Wildman–Crippen MR) is 130 cm³/mol. The van der Waals surface area contributed by atoms with Crippen molar-refractivity contribution in [2.24, 2.45) is 4.99 Å². The number of esters is 1. The minimum absolute atomic E-state index is 0.179. The third-order valence-electron chi connectivity index (χ3n) is 5.56. The van der Waals surface area contributed by atoms with Gasteiger partial charge in [-0.3, -0.25) is 9.36 Å². The number of rotatable bonds is 6. The lowest BCUT2D eigenvalue weighted by atomic mass is 9.96. The first-order valence-corrected chi connectivity index (χ1v) is 11.5. The monoisotopic (exact) mass is 477 g/mol. The van der Waals surface area contributed by atoms with E-state index in [9.17, 15) is 19.5 Å². The smallest absolute Gasteiger partial charge is 0.338 e. The molecule has 1 aromatic heterocycles. The highest BCUT2D eigenvalue weighted by Gasteiger charge is 2.33. The molecule has 0 bridgehead atoms. The van der Waals surface area contributed by atoms with Crippen LogP contribution in [0.3, 0.4) is 0 Å². The summed E-state index contributed by atoms with van der Waals surface area (Å²) in [6.07, 6.45) is 1.54. The third-order valence-corrected chi connectivity index (χ3v) is 6.54. The molecular weight excluding hydrogens is 454 g/mol. The second-order valence-electron chi connectivity index (χ2n) is 7.64. The van der Waals surface area contributed by atoms with Gasteiger partial charge in [0.1, 0.15) is 4.53 Å². The van der Waals surface area contributed by atoms with E-state index < -0.39 is 18.0 Å². The average Bonchev–Trinajstić information content (AvgIpc) is 3.12. The first-order valence-electron chi connectivity index (χ1n) is 10.7. The molecule has 2 aromatic carbocycles. The lowest BCUT2D eigenvalue weighted by Crippen LogP contribution is -2.40. The van der Waals surface area contributed by atoms with Crippen molar-refractivity contribution in [3.05, 3.63) is 96.2 Å². The third kappa shape index (κ3) is 4.17. The van der Waals surface area contributed by atoms with E-state index >= 15 is 0 Å². The van der Waals surface area contributed by atoms with Crippen LogP contribution in [0.1, 0.15) is 41.4 Å². The van der Waals surface area contributed by atoms with Crippen molar-refractivity contribution in [2.45, 2.75) is 26.8 Å². The first kappa shape index (κ1) is 23.2. The Kier molecular flexibility index (Phi) is 6.47. The van der Waals surface area contributed by atoms with Crippen LogP contribution < -0.4 is 20.2 Å². The minimum atomic E-state index is -1.02. The Hall–Kier alpha value is -3.98. The number of carboxylic acid groups (broad SMARTS) is 1. The van der Waals surface area contributed by atoms with Crippen LogP contribution in [0.15, 0.2) is 69.6 Å². The van der Waals surface area contributed by atoms with Crippen molar-refractivity contribution in [3.8, 4) is 0 Å². The number of aromatic nitrogens is 1. The molecule has 4 rings (SSSR count). The fourth-order valence-electron chi connectivity index (χ4n) is 3.91. The number of nitrogens with one attached hydrogen (secondary N) is 1. The Labute approximate surface area is 199 Å². The molecule has 0 amide bonds. The van der Waals surface area contributed by atoms with Gasteiger partial charge in [0.15, 0.2) is 4.80 Å². The van der Waals surface area contributed by atoms with Crippen molar-refractivity contribution in [3.63, 3.8) is 0 Å². The van der Waals surface area contributed by atoms with Crippen LogP contribution in [0.4, 0.5) is 5.69 Å². The van der Waals surface area contributed by atoms with Gasteiger partial charge < -0.3 is 15.2 Å². The number of ether oxygens (including phenoxy) is 1. The summed E-state index contributed by atoms with van der Waals surface area (Å²) in [7, 11) is 0. The number of hydrogen-bond acceptors (Lipinski definition) is 7. The van der Waals surface area contributed by atoms with E-state index in [-0.39, 0.29) is 17.7 Å². The Morgan fingerprint density at radius 2 is 1.91 bits per heavy atom. The molecule has 2 N–H and O–H groups in total. The zero-order valence-corrected chi connectivity index (χ0v) is 19.7. The summed E-state index contributed by atoms with van der Waals surface area (Å²) in [5.74, 6) is -1.53. The Morgan fingerprint density at radius 1 is 1.18 bits per heavy atom. The Balaban J connectivity index is 1.84. The van der Waals surface area contributed by atoms with E-state index in [1.807, 2.05) is 30.3 Å². The molecule has 2 heterocycles. The summed E-state index contributed by atoms with van der Waals surface area (Å²) in [6.45, 7) is 5.37. The second kappa shape index (κ2) is 9.48. The maximum Gasteiger partial charge on any atom is 0.338 e. The van der Waals surface area contributed by atoms with E-state index in [0.29, 0.717) is 31.9 Å². The summed E-state index contributed by atoms with van der Waals surface area (Å²) in [5.41, 5.74) is 2.59. The largest absolute Gasteiger partial charge is 0.478 e. The van der Waals surface area contributed by atoms with Crippen LogP contribution >= 0.6 is 11.3 Å². The Morgan fingerprint density at radius 3 is 2.59 bits per heavy atom. The number of fused-ring (bicyclic) bond motifs is 1. The number of anilines is 1. The van der Waals surface area contributed by atoms with E-state index in [1.54, 1.807) is 39.1 Å². The van der Waals surface area contributed by atoms with Gasteiger partial charge in [0, 0.05) is 11.9 Å². The van der Waals surface area contributed by atoms with Gasteiger partial charge in [0.2, 0.25) is 0 Å². The van der Waals surface area contributed by atoms with Crippen LogP contribution in [-0.4, -0.2) is 28.2 Å². The Bertz CT molecular complexity index is 1480. The number of allylic oxidation sites excluding steroid dienone is 1. The van der Waals surface area contributed by atoms with Gasteiger partial charge in [-0.1, -0.05) is 47.7 Å². The van der Waals surface area contributed by atoms with Crippen LogP contribution in [0, 0.1) is 6.92 Å². The van der Waals surface area contributed by atoms with Gasteiger partial charge in [-0.2, -0.15) is 0 Å². The molecule has 0 spiro atoms. The summed E-state index contributed by atoms with van der Waals surface area (Å²) in [5, 5.41) is 12.4. The second-order valence-corrected chi connectivity index (χ2v) is 8.65. The van der Waals surface area contributed by atoms with Gasteiger partial charge in [0.05, 0.1) is 29.5 Å². The summed E-state index contributed by atoms with van der Waals surface area (Å²) in [6, 6.07) is 13.5. The number of benzene rings is 2. The molecule has 9 heteroatoms. The molecular formula is C25H23N3O5S. The SMILES string of the molecule is CCOC(=O)C1=C(C)N=c2s/c(=C\Nc3cccc(C(=O)O)c3C)c(=O)n2[C@H]1c1ccccc1. The maximum atomic E-state index is 13.5. The molecule has 0 radical (unpaired) electrons. The van der Waals surface area contributed by atoms with Crippen LogP contribution in [0.5, 0.6) is 0 Å². The highest BCUT2D eigenvalue weighted by molar-refractivity contribution is 7.07. The molecule has 1 atom stereocenters. The number of carbonyl (C=O) groups excluding carboxylic acids is 1. The lowest BCUT2D eigenvalue weighted by Gasteiger charge is -2.24. The van der Waals surface area contributed by atoms with E-state index in [1.165, 1.54) is 22.0 Å². The maximum absolute atomic E-state index is 13.5. The highest BCUT2D eigenvalue weighted by atomic mass is 32.1. The van der Waals surface area contributed by atoms with Gasteiger partial charge in [-0.05, 0) is 44.0 Å². The summed E-state index contributed by atoms with van der Waals surface area (Å²) in [4.78, 5) is 42.7. The molecule has 0 unspecified atom stereocenters. The quantitative estimate of drug-likeness (QED) is 0.529. The number of thiazole rings is 1. The van der Waals surface area contributed by atoms with E-state index in [0.717, 1.165) is 5.56 Å². The lowest BCUT2D eigenvalue weighted by molar-refractivity contribution is -0.139. The molecule has 0 saturated carbocycles. The standard InChI is InChI=1S/C25H23N3O5S/c1-4-33-24(32)20-15(3)27-25-28(21(20)16-9-6-5-7-10-16)22(29)19(34-25)13-26-18-12-8-11-17(14(18)2)23(30)31/h5-13,21,26H,4H2,1-3H3,(H,30,31)/b19-13-/t21-/m0/s1. The van der Waals surface area contributed by atoms with Gasteiger partial charge >= 0.3 is 11.9 Å². The van der Waals surface area contributed by atoms with Crippen molar-refractivity contribution in [2.75, 3.05) is 11.9 Å². The topological polar surface area (TPSA) is 110 Å². The molecule has 0 saturated heterocycles. The fraction of sp³-hybridized carbons (Fsp3) is 0.200. The molecule has 34 heavy (non-hydrogen) atoms. The molecule has 1 aliphatic heterocycles. The number of carboxylic acids is 1. The molecule has 0 fully saturated rings. The number of nitrogens with zero attached hydrogens (tertiary/aromatic N) is 2. The van der Waals surface area contributed by atoms with Crippen LogP contribution in [0.2, 0.25) is 0 Å². The van der Waals surface area contributed by atoms with Crippen LogP contribution in [-0.2, 0) is 9.53 Å². The van der Waals surface area contributed by atoms with Crippen molar-refractivity contribution >= 4 is 35.2 Å². The van der Waals surface area contributed by atoms with Crippen molar-refractivity contribution < 1.29 is 19.4 Å².